The first-order chi connectivity index (χ1) is 8.08. The summed E-state index contributed by atoms with van der Waals surface area (Å²) in [5.74, 6) is -0.0137. The van der Waals surface area contributed by atoms with Gasteiger partial charge in [0.25, 0.3) is 5.91 Å². The Kier molecular flexibility index (Phi) is 3.49. The molecule has 1 heterocycles. The van der Waals surface area contributed by atoms with Crippen molar-refractivity contribution in [1.82, 2.24) is 10.3 Å². The topological polar surface area (TPSA) is 88.2 Å². The minimum Gasteiger partial charge on any atom is -0.397 e. The number of hydrogen-bond donors (Lipinski definition) is 3. The number of amides is 1. The highest BCUT2D eigenvalue weighted by atomic mass is 35.5. The number of rotatable bonds is 4. The highest BCUT2D eigenvalue weighted by Gasteiger charge is 2.29. The van der Waals surface area contributed by atoms with Crippen molar-refractivity contribution in [3.63, 3.8) is 0 Å². The lowest BCUT2D eigenvalue weighted by Gasteiger charge is -2.11. The van der Waals surface area contributed by atoms with Crippen molar-refractivity contribution in [3.05, 3.63) is 23.0 Å². The van der Waals surface area contributed by atoms with Gasteiger partial charge in [-0.2, -0.15) is 0 Å². The average molecular weight is 256 g/mol. The van der Waals surface area contributed by atoms with Gasteiger partial charge in [-0.15, -0.1) is 0 Å². The molecule has 1 aliphatic rings. The van der Waals surface area contributed by atoms with Gasteiger partial charge in [0, 0.05) is 6.54 Å². The van der Waals surface area contributed by atoms with Gasteiger partial charge in [-0.05, 0) is 24.8 Å². The van der Waals surface area contributed by atoms with Crippen molar-refractivity contribution >= 4 is 23.2 Å². The van der Waals surface area contributed by atoms with Gasteiger partial charge in [0.2, 0.25) is 0 Å². The van der Waals surface area contributed by atoms with Crippen LogP contribution in [0.5, 0.6) is 0 Å². The SMILES string of the molecule is Nc1cnc(Cl)cc1C(=O)NCC(O)C1CC1. The first-order valence-electron chi connectivity index (χ1n) is 5.45. The lowest BCUT2D eigenvalue weighted by Crippen LogP contribution is -2.33. The fraction of sp³-hybridized carbons (Fsp3) is 0.455. The molecule has 2 rings (SSSR count). The number of halogens is 1. The molecule has 1 saturated carbocycles. The second kappa shape index (κ2) is 4.89. The van der Waals surface area contributed by atoms with Crippen LogP contribution in [0.2, 0.25) is 5.15 Å². The molecule has 0 radical (unpaired) electrons. The zero-order valence-electron chi connectivity index (χ0n) is 9.19. The molecule has 6 heteroatoms. The molecule has 4 N–H and O–H groups in total. The van der Waals surface area contributed by atoms with Crippen molar-refractivity contribution in [2.45, 2.75) is 18.9 Å². The molecule has 1 unspecified atom stereocenters. The number of nitrogen functional groups attached to an aromatic ring is 1. The van der Waals surface area contributed by atoms with E-state index in [0.717, 1.165) is 12.8 Å². The molecule has 1 atom stereocenters. The molecule has 1 aromatic heterocycles. The minimum absolute atomic E-state index is 0.215. The molecule has 1 fully saturated rings. The largest absolute Gasteiger partial charge is 0.397 e. The molecule has 0 saturated heterocycles. The average Bonchev–Trinajstić information content (AvgIpc) is 3.12. The summed E-state index contributed by atoms with van der Waals surface area (Å²) in [7, 11) is 0. The predicted octanol–water partition coefficient (Wildman–Crippen LogP) is 0.818. The summed E-state index contributed by atoms with van der Waals surface area (Å²) in [4.78, 5) is 15.5. The van der Waals surface area contributed by atoms with Crippen molar-refractivity contribution in [1.29, 1.82) is 0 Å². The molecule has 1 aliphatic carbocycles. The van der Waals surface area contributed by atoms with Crippen LogP contribution in [0, 0.1) is 5.92 Å². The number of carbonyl (C=O) groups excluding carboxylic acids is 1. The lowest BCUT2D eigenvalue weighted by atomic mass is 10.2. The van der Waals surface area contributed by atoms with E-state index >= 15 is 0 Å². The van der Waals surface area contributed by atoms with E-state index in [1.165, 1.54) is 12.3 Å². The first kappa shape index (κ1) is 12.1. The van der Waals surface area contributed by atoms with Gasteiger partial charge in [-0.3, -0.25) is 4.79 Å². The summed E-state index contributed by atoms with van der Waals surface area (Å²) in [5.41, 5.74) is 6.18. The Morgan fingerprint density at radius 2 is 2.41 bits per heavy atom. The van der Waals surface area contributed by atoms with E-state index in [9.17, 15) is 9.90 Å². The second-order valence-corrected chi connectivity index (χ2v) is 4.60. The molecule has 1 amide bonds. The maximum absolute atomic E-state index is 11.8. The maximum Gasteiger partial charge on any atom is 0.253 e. The van der Waals surface area contributed by atoms with E-state index in [1.54, 1.807) is 0 Å². The van der Waals surface area contributed by atoms with Crippen LogP contribution >= 0.6 is 11.6 Å². The molecule has 5 nitrogen and oxygen atoms in total. The maximum atomic E-state index is 11.8. The van der Waals surface area contributed by atoms with Crippen molar-refractivity contribution in [2.75, 3.05) is 12.3 Å². The van der Waals surface area contributed by atoms with Crippen LogP contribution in [0.3, 0.4) is 0 Å². The number of anilines is 1. The Morgan fingerprint density at radius 1 is 1.71 bits per heavy atom. The van der Waals surface area contributed by atoms with Crippen molar-refractivity contribution in [3.8, 4) is 0 Å². The van der Waals surface area contributed by atoms with Gasteiger partial charge >= 0.3 is 0 Å². The first-order valence-corrected chi connectivity index (χ1v) is 5.83. The smallest absolute Gasteiger partial charge is 0.253 e. The van der Waals surface area contributed by atoms with Crippen LogP contribution in [0.1, 0.15) is 23.2 Å². The Morgan fingerprint density at radius 3 is 3.06 bits per heavy atom. The van der Waals surface area contributed by atoms with Crippen molar-refractivity contribution < 1.29 is 9.90 Å². The zero-order chi connectivity index (χ0) is 12.4. The van der Waals surface area contributed by atoms with Gasteiger partial charge < -0.3 is 16.2 Å². The molecule has 1 aromatic rings. The number of aliphatic hydroxyl groups is 1. The summed E-state index contributed by atoms with van der Waals surface area (Å²) in [6.45, 7) is 0.239. The minimum atomic E-state index is -0.475. The van der Waals surface area contributed by atoms with E-state index < -0.39 is 6.10 Å². The Labute approximate surface area is 104 Å². The summed E-state index contributed by atoms with van der Waals surface area (Å²) >= 11 is 5.69. The normalized spacial score (nSPS) is 16.6. The molecule has 17 heavy (non-hydrogen) atoms. The second-order valence-electron chi connectivity index (χ2n) is 4.21. The van der Waals surface area contributed by atoms with Crippen LogP contribution in [-0.2, 0) is 0 Å². The van der Waals surface area contributed by atoms with Gasteiger partial charge in [0.05, 0.1) is 23.6 Å². The van der Waals surface area contributed by atoms with Gasteiger partial charge in [0.15, 0.2) is 0 Å². The molecule has 0 spiro atoms. The van der Waals surface area contributed by atoms with Crippen molar-refractivity contribution in [2.24, 2.45) is 5.92 Å². The van der Waals surface area contributed by atoms with E-state index in [4.69, 9.17) is 17.3 Å². The zero-order valence-corrected chi connectivity index (χ0v) is 9.94. The third kappa shape index (κ3) is 3.08. The van der Waals surface area contributed by atoms with Crippen LogP contribution in [0.25, 0.3) is 0 Å². The van der Waals surface area contributed by atoms with E-state index in [1.807, 2.05) is 0 Å². The number of nitrogens with one attached hydrogen (secondary N) is 1. The van der Waals surface area contributed by atoms with Crippen LogP contribution in [0.15, 0.2) is 12.3 Å². The summed E-state index contributed by atoms with van der Waals surface area (Å²) in [5, 5.41) is 12.5. The van der Waals surface area contributed by atoms with Gasteiger partial charge in [0.1, 0.15) is 5.15 Å². The number of aromatic nitrogens is 1. The van der Waals surface area contributed by atoms with E-state index in [0.29, 0.717) is 5.92 Å². The highest BCUT2D eigenvalue weighted by molar-refractivity contribution is 6.29. The Balaban J connectivity index is 1.96. The summed E-state index contributed by atoms with van der Waals surface area (Å²) in [6.07, 6.45) is 2.92. The standard InChI is InChI=1S/C11H14ClN3O2/c12-10-3-7(8(13)4-14-10)11(17)15-5-9(16)6-1-2-6/h3-4,6,9,16H,1-2,5,13H2,(H,15,17). The van der Waals surface area contributed by atoms with E-state index in [-0.39, 0.29) is 28.9 Å². The number of pyridine rings is 1. The van der Waals surface area contributed by atoms with Crippen LogP contribution in [0.4, 0.5) is 5.69 Å². The molecule has 0 aliphatic heterocycles. The fourth-order valence-electron chi connectivity index (χ4n) is 1.58. The monoisotopic (exact) mass is 255 g/mol. The Bertz CT molecular complexity index is 435. The van der Waals surface area contributed by atoms with Crippen LogP contribution in [-0.4, -0.2) is 28.6 Å². The summed E-state index contributed by atoms with van der Waals surface area (Å²) in [6, 6.07) is 1.41. The third-order valence-corrected chi connectivity index (χ3v) is 2.99. The van der Waals surface area contributed by atoms with E-state index in [2.05, 4.69) is 10.3 Å². The van der Waals surface area contributed by atoms with Gasteiger partial charge in [-0.1, -0.05) is 11.6 Å². The number of aliphatic hydroxyl groups excluding tert-OH is 1. The molecule has 92 valence electrons. The van der Waals surface area contributed by atoms with Gasteiger partial charge in [-0.25, -0.2) is 4.98 Å². The van der Waals surface area contributed by atoms with Crippen LogP contribution < -0.4 is 11.1 Å². The number of nitrogens with zero attached hydrogens (tertiary/aromatic N) is 1. The summed E-state index contributed by atoms with van der Waals surface area (Å²) < 4.78 is 0. The fourth-order valence-corrected chi connectivity index (χ4v) is 1.74. The predicted molar refractivity (Wildman–Crippen MR) is 64.7 cm³/mol. The highest BCUT2D eigenvalue weighted by Crippen LogP contribution is 2.32. The number of hydrogen-bond acceptors (Lipinski definition) is 4. The molecule has 0 bridgehead atoms. The molecular weight excluding hydrogens is 242 g/mol. The Hall–Kier alpha value is -1.33. The third-order valence-electron chi connectivity index (χ3n) is 2.78. The number of nitrogens with two attached hydrogens (primary N) is 1. The lowest BCUT2D eigenvalue weighted by molar-refractivity contribution is 0.0902. The number of carbonyl (C=O) groups is 1. The quantitative estimate of drug-likeness (QED) is 0.695. The molecule has 0 aromatic carbocycles. The molecular formula is C11H14ClN3O2.